The molecule has 0 saturated carbocycles. The van der Waals surface area contributed by atoms with E-state index >= 15 is 0 Å². The van der Waals surface area contributed by atoms with E-state index in [2.05, 4.69) is 20.9 Å². The van der Waals surface area contributed by atoms with Crippen LogP contribution in [0.1, 0.15) is 39.7 Å². The summed E-state index contributed by atoms with van der Waals surface area (Å²) in [6.07, 6.45) is -2.42. The van der Waals surface area contributed by atoms with E-state index in [1.807, 2.05) is 0 Å². The summed E-state index contributed by atoms with van der Waals surface area (Å²) in [4.78, 5) is 15.3. The third-order valence-corrected chi connectivity index (χ3v) is 5.98. The number of nitrogens with two attached hydrogens (primary N) is 1. The Bertz CT molecular complexity index is 1170. The zero-order chi connectivity index (χ0) is 26.0. The quantitative estimate of drug-likeness (QED) is 0.264. The zero-order valence-electron chi connectivity index (χ0n) is 17.6. The minimum Gasteiger partial charge on any atom is -0.490 e. The Morgan fingerprint density at radius 1 is 1.14 bits per heavy atom. The number of halogens is 6. The van der Waals surface area contributed by atoms with Crippen molar-refractivity contribution in [1.82, 2.24) is 4.98 Å². The first-order chi connectivity index (χ1) is 16.4. The lowest BCUT2D eigenvalue weighted by atomic mass is 9.79. The lowest BCUT2D eigenvalue weighted by Gasteiger charge is -2.36. The molecule has 7 nitrogen and oxygen atoms in total. The van der Waals surface area contributed by atoms with Gasteiger partial charge in [-0.1, -0.05) is 28.1 Å². The van der Waals surface area contributed by atoms with E-state index < -0.39 is 57.1 Å². The smallest absolute Gasteiger partial charge is 0.416 e. The Hall–Kier alpha value is -3.03. The van der Waals surface area contributed by atoms with E-state index in [0.29, 0.717) is 0 Å². The average Bonchev–Trinajstić information content (AvgIpc) is 3.31. The van der Waals surface area contributed by atoms with Crippen LogP contribution < -0.4 is 10.5 Å². The summed E-state index contributed by atoms with van der Waals surface area (Å²) < 4.78 is 77.7. The first-order valence-electron chi connectivity index (χ1n) is 9.89. The van der Waals surface area contributed by atoms with E-state index in [0.717, 1.165) is 36.4 Å². The van der Waals surface area contributed by atoms with Gasteiger partial charge in [0.1, 0.15) is 28.3 Å². The summed E-state index contributed by atoms with van der Waals surface area (Å²) in [6, 6.07) is 5.16. The number of aliphatic hydroxyl groups is 2. The second-order valence-corrected chi connectivity index (χ2v) is 8.26. The highest BCUT2D eigenvalue weighted by molar-refractivity contribution is 9.09. The molecule has 0 bridgehead atoms. The summed E-state index contributed by atoms with van der Waals surface area (Å²) >= 11 is 2.88. The molecule has 0 aliphatic rings. The third-order valence-electron chi connectivity index (χ3n) is 5.28. The number of oxazole rings is 1. The summed E-state index contributed by atoms with van der Waals surface area (Å²) in [7, 11) is 0. The highest BCUT2D eigenvalue weighted by Crippen LogP contribution is 2.44. The molecule has 0 spiro atoms. The summed E-state index contributed by atoms with van der Waals surface area (Å²) in [5, 5.41) is 20.1. The predicted molar refractivity (Wildman–Crippen MR) is 115 cm³/mol. The number of amides is 1. The van der Waals surface area contributed by atoms with Gasteiger partial charge in [-0.2, -0.15) is 13.2 Å². The van der Waals surface area contributed by atoms with Crippen molar-refractivity contribution < 1.29 is 46.1 Å². The van der Waals surface area contributed by atoms with Gasteiger partial charge in [-0.05, 0) is 36.2 Å². The number of aliphatic hydroxyl groups excluding tert-OH is 1. The average molecular weight is 565 g/mol. The maximum Gasteiger partial charge on any atom is 0.416 e. The highest BCUT2D eigenvalue weighted by Gasteiger charge is 2.47. The first kappa shape index (κ1) is 26.6. The Kier molecular flexibility index (Phi) is 7.82. The molecule has 3 atom stereocenters. The van der Waals surface area contributed by atoms with E-state index in [1.165, 1.54) is 12.5 Å². The maximum atomic E-state index is 14.5. The number of benzene rings is 2. The van der Waals surface area contributed by atoms with Crippen molar-refractivity contribution >= 4 is 21.8 Å². The molecule has 1 amide bonds. The van der Waals surface area contributed by atoms with Crippen LogP contribution in [-0.2, 0) is 11.8 Å². The van der Waals surface area contributed by atoms with Crippen LogP contribution in [0, 0.1) is 11.6 Å². The number of carbonyl (C=O) groups excluding carboxylic acids is 1. The van der Waals surface area contributed by atoms with Crippen LogP contribution in [0.2, 0.25) is 0 Å². The molecule has 3 aromatic rings. The van der Waals surface area contributed by atoms with Gasteiger partial charge in [-0.25, -0.2) is 13.8 Å². The van der Waals surface area contributed by atoms with E-state index in [9.17, 15) is 37.0 Å². The molecule has 0 aliphatic carbocycles. The lowest BCUT2D eigenvalue weighted by molar-refractivity contribution is -0.137. The van der Waals surface area contributed by atoms with Gasteiger partial charge in [0, 0.05) is 0 Å². The molecule has 2 aromatic carbocycles. The Labute approximate surface area is 203 Å². The van der Waals surface area contributed by atoms with Gasteiger partial charge in [-0.15, -0.1) is 0 Å². The molecular weight excluding hydrogens is 547 g/mol. The van der Waals surface area contributed by atoms with Gasteiger partial charge < -0.3 is 25.1 Å². The van der Waals surface area contributed by atoms with Gasteiger partial charge in [0.05, 0.1) is 24.3 Å². The molecule has 1 aromatic heterocycles. The number of alkyl halides is 4. The van der Waals surface area contributed by atoms with Crippen molar-refractivity contribution in [2.24, 2.45) is 5.73 Å². The van der Waals surface area contributed by atoms with Crippen molar-refractivity contribution in [3.05, 3.63) is 83.1 Å². The normalized spacial score (nSPS) is 15.3. The standard InChI is InChI=1S/C22H18BrF5N2O5/c23-20(32)21(33,11-1-3-12(4-2-11)22(26,27)28)13(19-30-8-10-35-19)7-9-34-15-6-5-14(24)16(17(15)25)18(29)31/h1-6,8,10,13,20,32-33H,7,9H2,(H2,29,31). The van der Waals surface area contributed by atoms with Crippen LogP contribution in [0.25, 0.3) is 0 Å². The van der Waals surface area contributed by atoms with Crippen LogP contribution in [0.4, 0.5) is 22.0 Å². The molecular formula is C22H18BrF5N2O5. The molecule has 0 saturated heterocycles. The largest absolute Gasteiger partial charge is 0.490 e. The van der Waals surface area contributed by atoms with E-state index in [4.69, 9.17) is 14.9 Å². The number of hydrogen-bond donors (Lipinski definition) is 3. The molecule has 4 N–H and O–H groups in total. The fraction of sp³-hybridized carbons (Fsp3) is 0.273. The fourth-order valence-corrected chi connectivity index (χ4v) is 4.11. The molecule has 3 unspecified atom stereocenters. The molecule has 35 heavy (non-hydrogen) atoms. The van der Waals surface area contributed by atoms with Crippen molar-refractivity contribution in [3.63, 3.8) is 0 Å². The Morgan fingerprint density at radius 3 is 2.29 bits per heavy atom. The lowest BCUT2D eigenvalue weighted by Crippen LogP contribution is -2.42. The Balaban J connectivity index is 1.92. The number of ether oxygens (including phenoxy) is 1. The van der Waals surface area contributed by atoms with E-state index in [-0.39, 0.29) is 24.5 Å². The zero-order valence-corrected chi connectivity index (χ0v) is 19.2. The number of carbonyl (C=O) groups is 1. The monoisotopic (exact) mass is 564 g/mol. The van der Waals surface area contributed by atoms with Crippen molar-refractivity contribution in [1.29, 1.82) is 0 Å². The van der Waals surface area contributed by atoms with Gasteiger partial charge in [-0.3, -0.25) is 4.79 Å². The molecule has 13 heteroatoms. The SMILES string of the molecule is NC(=O)c1c(F)ccc(OCCC(c2ncco2)C(O)(c2ccc(C(F)(F)F)cc2)C(O)Br)c1F. The van der Waals surface area contributed by atoms with Gasteiger partial charge in [0.25, 0.3) is 5.91 Å². The predicted octanol–water partition coefficient (Wildman–Crippen LogP) is 4.22. The minimum absolute atomic E-state index is 0.105. The van der Waals surface area contributed by atoms with Crippen LogP contribution in [0.15, 0.2) is 53.3 Å². The number of aromatic nitrogens is 1. The fourth-order valence-electron chi connectivity index (χ4n) is 3.53. The van der Waals surface area contributed by atoms with Crippen molar-refractivity contribution in [2.75, 3.05) is 6.61 Å². The van der Waals surface area contributed by atoms with Gasteiger partial charge >= 0.3 is 6.18 Å². The van der Waals surface area contributed by atoms with Crippen molar-refractivity contribution in [2.45, 2.75) is 29.1 Å². The summed E-state index contributed by atoms with van der Waals surface area (Å²) in [5.74, 6) is -5.69. The van der Waals surface area contributed by atoms with Crippen LogP contribution >= 0.6 is 15.9 Å². The molecule has 3 rings (SSSR count). The van der Waals surface area contributed by atoms with Crippen LogP contribution in [0.3, 0.4) is 0 Å². The van der Waals surface area contributed by atoms with Crippen LogP contribution in [-0.4, -0.2) is 32.7 Å². The molecule has 0 aliphatic heterocycles. The van der Waals surface area contributed by atoms with Gasteiger partial charge in [0.15, 0.2) is 11.6 Å². The number of nitrogens with zero attached hydrogens (tertiary/aromatic N) is 1. The number of primary amides is 1. The highest BCUT2D eigenvalue weighted by atomic mass is 79.9. The molecule has 0 fully saturated rings. The second kappa shape index (κ2) is 10.3. The molecule has 1 heterocycles. The van der Waals surface area contributed by atoms with Gasteiger partial charge in [0.2, 0.25) is 5.89 Å². The third kappa shape index (κ3) is 5.46. The van der Waals surface area contributed by atoms with Crippen LogP contribution in [0.5, 0.6) is 5.75 Å². The number of hydrogen-bond acceptors (Lipinski definition) is 6. The number of rotatable bonds is 9. The minimum atomic E-state index is -4.62. The molecule has 0 radical (unpaired) electrons. The second-order valence-electron chi connectivity index (χ2n) is 7.40. The maximum absolute atomic E-state index is 14.5. The first-order valence-corrected chi connectivity index (χ1v) is 10.8. The Morgan fingerprint density at radius 2 is 1.77 bits per heavy atom. The molecule has 188 valence electrons. The topological polar surface area (TPSA) is 119 Å². The summed E-state index contributed by atoms with van der Waals surface area (Å²) in [6.45, 7) is -0.379. The van der Waals surface area contributed by atoms with E-state index in [1.54, 1.807) is 0 Å². The van der Waals surface area contributed by atoms with Crippen molar-refractivity contribution in [3.8, 4) is 5.75 Å². The summed E-state index contributed by atoms with van der Waals surface area (Å²) in [5.41, 5.74) is 0.629.